The van der Waals surface area contributed by atoms with Gasteiger partial charge in [0.1, 0.15) is 6.04 Å². The molecule has 2 heterocycles. The molecule has 0 radical (unpaired) electrons. The Morgan fingerprint density at radius 3 is 2.77 bits per heavy atom. The summed E-state index contributed by atoms with van der Waals surface area (Å²) >= 11 is 7.23. The molecule has 112 valence electrons. The van der Waals surface area contributed by atoms with Crippen molar-refractivity contribution in [3.8, 4) is 11.4 Å². The molecule has 0 aliphatic carbocycles. The number of rotatable bonds is 4. The van der Waals surface area contributed by atoms with Crippen LogP contribution < -0.4 is 5.32 Å². The second kappa shape index (κ2) is 6.29. The molecule has 5 nitrogen and oxygen atoms in total. The molecule has 0 spiro atoms. The van der Waals surface area contributed by atoms with Gasteiger partial charge in [-0.2, -0.15) is 4.98 Å². The van der Waals surface area contributed by atoms with Crippen molar-refractivity contribution in [2.75, 3.05) is 0 Å². The average molecular weight is 334 g/mol. The fourth-order valence-corrected chi connectivity index (χ4v) is 2.62. The number of benzene rings is 1. The SMILES string of the molecule is CC(NC(=O)c1cccs1)c1nc(-c2ccc(Cl)cc2)no1. The molecule has 22 heavy (non-hydrogen) atoms. The lowest BCUT2D eigenvalue weighted by molar-refractivity contribution is 0.0936. The standard InChI is InChI=1S/C15H12ClN3O2S/c1-9(17-14(20)12-3-2-8-22-12)15-18-13(19-21-15)10-4-6-11(16)7-5-10/h2-9H,1H3,(H,17,20). The number of carbonyl (C=O) groups is 1. The first-order valence-electron chi connectivity index (χ1n) is 6.57. The van der Waals surface area contributed by atoms with Gasteiger partial charge in [-0.15, -0.1) is 11.3 Å². The summed E-state index contributed by atoms with van der Waals surface area (Å²) < 4.78 is 5.22. The van der Waals surface area contributed by atoms with Gasteiger partial charge in [-0.25, -0.2) is 0 Å². The van der Waals surface area contributed by atoms with Gasteiger partial charge in [0.25, 0.3) is 5.91 Å². The number of halogens is 1. The lowest BCUT2D eigenvalue weighted by atomic mass is 10.2. The average Bonchev–Trinajstić information content (AvgIpc) is 3.20. The third-order valence-corrected chi connectivity index (χ3v) is 4.13. The van der Waals surface area contributed by atoms with Gasteiger partial charge in [0, 0.05) is 10.6 Å². The summed E-state index contributed by atoms with van der Waals surface area (Å²) in [5, 5.41) is 9.25. The van der Waals surface area contributed by atoms with Gasteiger partial charge in [0.05, 0.1) is 4.88 Å². The topological polar surface area (TPSA) is 68.0 Å². The van der Waals surface area contributed by atoms with Crippen LogP contribution in [0.3, 0.4) is 0 Å². The van der Waals surface area contributed by atoms with E-state index in [1.54, 1.807) is 25.1 Å². The molecule has 3 rings (SSSR count). The third kappa shape index (κ3) is 3.18. The molecule has 0 saturated carbocycles. The molecule has 1 unspecified atom stereocenters. The monoisotopic (exact) mass is 333 g/mol. The van der Waals surface area contributed by atoms with E-state index in [0.717, 1.165) is 5.56 Å². The van der Waals surface area contributed by atoms with Crippen LogP contribution >= 0.6 is 22.9 Å². The molecule has 1 N–H and O–H groups in total. The maximum Gasteiger partial charge on any atom is 0.261 e. The van der Waals surface area contributed by atoms with Crippen molar-refractivity contribution in [2.45, 2.75) is 13.0 Å². The molecule has 0 aliphatic heterocycles. The van der Waals surface area contributed by atoms with Gasteiger partial charge in [-0.3, -0.25) is 4.79 Å². The maximum absolute atomic E-state index is 12.0. The Bertz CT molecular complexity index is 768. The van der Waals surface area contributed by atoms with Crippen LogP contribution in [0, 0.1) is 0 Å². The van der Waals surface area contributed by atoms with Crippen molar-refractivity contribution in [3.05, 3.63) is 57.6 Å². The van der Waals surface area contributed by atoms with E-state index in [-0.39, 0.29) is 11.9 Å². The largest absolute Gasteiger partial charge is 0.340 e. The summed E-state index contributed by atoms with van der Waals surface area (Å²) in [4.78, 5) is 17.0. The van der Waals surface area contributed by atoms with E-state index in [9.17, 15) is 4.79 Å². The van der Waals surface area contributed by atoms with Gasteiger partial charge in [-0.1, -0.05) is 22.8 Å². The van der Waals surface area contributed by atoms with Gasteiger partial charge < -0.3 is 9.84 Å². The Labute approximate surface area is 135 Å². The lowest BCUT2D eigenvalue weighted by Crippen LogP contribution is -2.26. The van der Waals surface area contributed by atoms with Gasteiger partial charge in [0.15, 0.2) is 0 Å². The number of thiophene rings is 1. The molecule has 1 amide bonds. The van der Waals surface area contributed by atoms with Crippen LogP contribution in [-0.2, 0) is 0 Å². The predicted molar refractivity (Wildman–Crippen MR) is 84.9 cm³/mol. The smallest absolute Gasteiger partial charge is 0.261 e. The van der Waals surface area contributed by atoms with Crippen molar-refractivity contribution < 1.29 is 9.32 Å². The minimum absolute atomic E-state index is 0.159. The Kier molecular flexibility index (Phi) is 4.22. The Morgan fingerprint density at radius 1 is 1.32 bits per heavy atom. The van der Waals surface area contributed by atoms with Gasteiger partial charge in [0.2, 0.25) is 11.7 Å². The molecule has 1 aromatic carbocycles. The molecule has 7 heteroatoms. The Balaban J connectivity index is 1.73. The van der Waals surface area contributed by atoms with E-state index in [0.29, 0.717) is 21.6 Å². The van der Waals surface area contributed by atoms with E-state index in [2.05, 4.69) is 15.5 Å². The van der Waals surface area contributed by atoms with Crippen molar-refractivity contribution in [1.82, 2.24) is 15.5 Å². The zero-order chi connectivity index (χ0) is 15.5. The zero-order valence-corrected chi connectivity index (χ0v) is 13.2. The molecule has 0 fully saturated rings. The van der Waals surface area contributed by atoms with E-state index in [1.807, 2.05) is 23.6 Å². The number of nitrogens with one attached hydrogen (secondary N) is 1. The van der Waals surface area contributed by atoms with E-state index < -0.39 is 0 Å². The van der Waals surface area contributed by atoms with Crippen molar-refractivity contribution in [3.63, 3.8) is 0 Å². The summed E-state index contributed by atoms with van der Waals surface area (Å²) in [5.41, 5.74) is 0.802. The summed E-state index contributed by atoms with van der Waals surface area (Å²) in [6, 6.07) is 10.4. The number of aromatic nitrogens is 2. The minimum atomic E-state index is -0.372. The highest BCUT2D eigenvalue weighted by molar-refractivity contribution is 7.12. The van der Waals surface area contributed by atoms with E-state index in [4.69, 9.17) is 16.1 Å². The van der Waals surface area contributed by atoms with Crippen LogP contribution in [0.5, 0.6) is 0 Å². The highest BCUT2D eigenvalue weighted by Gasteiger charge is 2.18. The van der Waals surface area contributed by atoms with E-state index in [1.165, 1.54) is 11.3 Å². The fourth-order valence-electron chi connectivity index (χ4n) is 1.86. The molecule has 0 saturated heterocycles. The summed E-state index contributed by atoms with van der Waals surface area (Å²) in [6.45, 7) is 1.80. The van der Waals surface area contributed by atoms with Crippen molar-refractivity contribution in [2.24, 2.45) is 0 Å². The molecule has 3 aromatic rings. The molecule has 2 aromatic heterocycles. The fraction of sp³-hybridized carbons (Fsp3) is 0.133. The van der Waals surface area contributed by atoms with Crippen LogP contribution in [-0.4, -0.2) is 16.0 Å². The minimum Gasteiger partial charge on any atom is -0.340 e. The van der Waals surface area contributed by atoms with Crippen LogP contribution in [0.2, 0.25) is 5.02 Å². The Hall–Kier alpha value is -2.18. The molecule has 0 aliphatic rings. The molecular weight excluding hydrogens is 322 g/mol. The maximum atomic E-state index is 12.0. The zero-order valence-electron chi connectivity index (χ0n) is 11.6. The first-order chi connectivity index (χ1) is 10.6. The highest BCUT2D eigenvalue weighted by atomic mass is 35.5. The highest BCUT2D eigenvalue weighted by Crippen LogP contribution is 2.21. The third-order valence-electron chi connectivity index (χ3n) is 3.01. The number of amides is 1. The quantitative estimate of drug-likeness (QED) is 0.785. The number of hydrogen-bond donors (Lipinski definition) is 1. The Morgan fingerprint density at radius 2 is 2.09 bits per heavy atom. The summed E-state index contributed by atoms with van der Waals surface area (Å²) in [5.74, 6) is 0.660. The van der Waals surface area contributed by atoms with Crippen LogP contribution in [0.4, 0.5) is 0 Å². The van der Waals surface area contributed by atoms with Crippen LogP contribution in [0.1, 0.15) is 28.5 Å². The van der Waals surface area contributed by atoms with Crippen LogP contribution in [0.25, 0.3) is 11.4 Å². The van der Waals surface area contributed by atoms with Crippen molar-refractivity contribution >= 4 is 28.8 Å². The molecular formula is C15H12ClN3O2S. The van der Waals surface area contributed by atoms with Crippen LogP contribution in [0.15, 0.2) is 46.3 Å². The number of hydrogen-bond acceptors (Lipinski definition) is 5. The molecule has 0 bridgehead atoms. The van der Waals surface area contributed by atoms with Crippen molar-refractivity contribution in [1.29, 1.82) is 0 Å². The first-order valence-corrected chi connectivity index (χ1v) is 7.83. The summed E-state index contributed by atoms with van der Waals surface area (Å²) in [7, 11) is 0. The summed E-state index contributed by atoms with van der Waals surface area (Å²) in [6.07, 6.45) is 0. The van der Waals surface area contributed by atoms with Gasteiger partial charge in [-0.05, 0) is 42.6 Å². The molecule has 1 atom stereocenters. The second-order valence-corrected chi connectivity index (χ2v) is 6.02. The second-order valence-electron chi connectivity index (χ2n) is 4.64. The number of nitrogens with zero attached hydrogens (tertiary/aromatic N) is 2. The lowest BCUT2D eigenvalue weighted by Gasteiger charge is -2.07. The predicted octanol–water partition coefficient (Wildman–Crippen LogP) is 3.94. The normalized spacial score (nSPS) is 12.1. The van der Waals surface area contributed by atoms with E-state index >= 15 is 0 Å². The first kappa shape index (κ1) is 14.7. The van der Waals surface area contributed by atoms with Gasteiger partial charge >= 0.3 is 0 Å². The number of carbonyl (C=O) groups excluding carboxylic acids is 1.